The maximum Gasteiger partial charge on any atom is 0.220 e. The highest BCUT2D eigenvalue weighted by atomic mass is 16.2. The van der Waals surface area contributed by atoms with Gasteiger partial charge in [0.15, 0.2) is 0 Å². The average Bonchev–Trinajstić information content (AvgIpc) is 3.12. The molecular weight excluding hydrogens is 292 g/mol. The van der Waals surface area contributed by atoms with Crippen molar-refractivity contribution in [3.8, 4) is 0 Å². The van der Waals surface area contributed by atoms with Crippen LogP contribution in [0.5, 0.6) is 0 Å². The summed E-state index contributed by atoms with van der Waals surface area (Å²) in [6.45, 7) is 6.50. The van der Waals surface area contributed by atoms with Crippen LogP contribution >= 0.6 is 0 Å². The number of nitrogens with one attached hydrogen (secondary N) is 2. The van der Waals surface area contributed by atoms with Gasteiger partial charge in [-0.2, -0.15) is 5.10 Å². The summed E-state index contributed by atoms with van der Waals surface area (Å²) in [5, 5.41) is 10.3. The Bertz CT molecular complexity index is 547. The SMILES string of the molecule is Cc1cc(C)n([C@H](C)CNC(=O)CCC(=O)NC2CCCC2)n1. The third-order valence-corrected chi connectivity index (χ3v) is 4.36. The van der Waals surface area contributed by atoms with Crippen LogP contribution < -0.4 is 10.6 Å². The van der Waals surface area contributed by atoms with E-state index < -0.39 is 0 Å². The lowest BCUT2D eigenvalue weighted by Gasteiger charge is -2.15. The first-order chi connectivity index (χ1) is 11.0. The number of hydrogen-bond donors (Lipinski definition) is 2. The summed E-state index contributed by atoms with van der Waals surface area (Å²) in [5.74, 6) is -0.0985. The van der Waals surface area contributed by atoms with Crippen molar-refractivity contribution in [3.05, 3.63) is 17.5 Å². The molecule has 0 saturated heterocycles. The Morgan fingerprint density at radius 2 is 1.91 bits per heavy atom. The van der Waals surface area contributed by atoms with Gasteiger partial charge in [0.25, 0.3) is 0 Å². The minimum absolute atomic E-state index is 0.0151. The Hall–Kier alpha value is -1.85. The Morgan fingerprint density at radius 1 is 1.26 bits per heavy atom. The standard InChI is InChI=1S/C17H28N4O2/c1-12-10-13(2)21(20-12)14(3)11-18-16(22)8-9-17(23)19-15-6-4-5-7-15/h10,14-15H,4-9,11H2,1-3H3,(H,18,22)(H,19,23)/t14-/m1/s1. The van der Waals surface area contributed by atoms with Gasteiger partial charge >= 0.3 is 0 Å². The second-order valence-electron chi connectivity index (χ2n) is 6.57. The minimum Gasteiger partial charge on any atom is -0.354 e. The van der Waals surface area contributed by atoms with Gasteiger partial charge in [-0.05, 0) is 39.7 Å². The van der Waals surface area contributed by atoms with E-state index in [0.29, 0.717) is 12.6 Å². The predicted molar refractivity (Wildman–Crippen MR) is 89.1 cm³/mol. The van der Waals surface area contributed by atoms with Crippen molar-refractivity contribution in [3.63, 3.8) is 0 Å². The topological polar surface area (TPSA) is 76.0 Å². The lowest BCUT2D eigenvalue weighted by molar-refractivity contribution is -0.126. The molecule has 2 amide bonds. The zero-order valence-corrected chi connectivity index (χ0v) is 14.4. The Morgan fingerprint density at radius 3 is 2.52 bits per heavy atom. The average molecular weight is 320 g/mol. The minimum atomic E-state index is -0.0834. The van der Waals surface area contributed by atoms with Gasteiger partial charge in [0.05, 0.1) is 11.7 Å². The molecule has 0 radical (unpaired) electrons. The highest BCUT2D eigenvalue weighted by Gasteiger charge is 2.17. The molecule has 1 atom stereocenters. The van der Waals surface area contributed by atoms with Crippen molar-refractivity contribution in [2.24, 2.45) is 0 Å². The molecule has 1 heterocycles. The number of carbonyl (C=O) groups excluding carboxylic acids is 2. The van der Waals surface area contributed by atoms with Crippen molar-refractivity contribution in [1.29, 1.82) is 0 Å². The quantitative estimate of drug-likeness (QED) is 0.807. The van der Waals surface area contributed by atoms with E-state index in [1.165, 1.54) is 12.8 Å². The summed E-state index contributed by atoms with van der Waals surface area (Å²) in [6, 6.07) is 2.43. The maximum atomic E-state index is 11.9. The van der Waals surface area contributed by atoms with Crippen LogP contribution in [0, 0.1) is 13.8 Å². The third kappa shape index (κ3) is 5.37. The first kappa shape index (κ1) is 17.5. The van der Waals surface area contributed by atoms with Gasteiger partial charge in [-0.1, -0.05) is 12.8 Å². The molecule has 1 aromatic rings. The summed E-state index contributed by atoms with van der Waals surface area (Å²) in [4.78, 5) is 23.7. The number of nitrogens with zero attached hydrogens (tertiary/aromatic N) is 2. The van der Waals surface area contributed by atoms with Crippen molar-refractivity contribution < 1.29 is 9.59 Å². The fourth-order valence-electron chi connectivity index (χ4n) is 3.13. The van der Waals surface area contributed by atoms with Gasteiger partial charge in [-0.25, -0.2) is 0 Å². The van der Waals surface area contributed by atoms with E-state index in [-0.39, 0.29) is 30.7 Å². The van der Waals surface area contributed by atoms with Crippen LogP contribution in [0.2, 0.25) is 0 Å². The molecule has 1 aromatic heterocycles. The summed E-state index contributed by atoms with van der Waals surface area (Å²) in [5.41, 5.74) is 2.06. The molecule has 6 nitrogen and oxygen atoms in total. The normalized spacial score (nSPS) is 16.3. The Labute approximate surface area is 138 Å². The molecule has 0 bridgehead atoms. The van der Waals surface area contributed by atoms with Gasteiger partial charge in [0.2, 0.25) is 11.8 Å². The van der Waals surface area contributed by atoms with E-state index in [1.807, 2.05) is 31.5 Å². The highest BCUT2D eigenvalue weighted by Crippen LogP contribution is 2.17. The third-order valence-electron chi connectivity index (χ3n) is 4.36. The first-order valence-electron chi connectivity index (χ1n) is 8.54. The maximum absolute atomic E-state index is 11.9. The molecule has 1 aliphatic carbocycles. The smallest absolute Gasteiger partial charge is 0.220 e. The predicted octanol–water partition coefficient (Wildman–Crippen LogP) is 2.02. The van der Waals surface area contributed by atoms with Crippen LogP contribution in [-0.4, -0.2) is 34.2 Å². The van der Waals surface area contributed by atoms with Gasteiger partial charge in [-0.15, -0.1) is 0 Å². The van der Waals surface area contributed by atoms with Crippen molar-refractivity contribution >= 4 is 11.8 Å². The number of aromatic nitrogens is 2. The second-order valence-corrected chi connectivity index (χ2v) is 6.57. The van der Waals surface area contributed by atoms with E-state index in [9.17, 15) is 9.59 Å². The number of rotatable bonds is 7. The fraction of sp³-hybridized carbons (Fsp3) is 0.706. The van der Waals surface area contributed by atoms with E-state index in [0.717, 1.165) is 24.2 Å². The van der Waals surface area contributed by atoms with Crippen LogP contribution in [0.3, 0.4) is 0 Å². The summed E-state index contributed by atoms with van der Waals surface area (Å²) < 4.78 is 1.92. The number of carbonyl (C=O) groups is 2. The number of aryl methyl sites for hydroxylation is 2. The number of hydrogen-bond acceptors (Lipinski definition) is 3. The van der Waals surface area contributed by atoms with Crippen molar-refractivity contribution in [1.82, 2.24) is 20.4 Å². The number of amides is 2. The highest BCUT2D eigenvalue weighted by molar-refractivity contribution is 5.83. The molecule has 128 valence electrons. The van der Waals surface area contributed by atoms with E-state index in [1.54, 1.807) is 0 Å². The lowest BCUT2D eigenvalue weighted by Crippen LogP contribution is -2.34. The van der Waals surface area contributed by atoms with Gasteiger partial charge in [0, 0.05) is 31.1 Å². The summed E-state index contributed by atoms with van der Waals surface area (Å²) >= 11 is 0. The molecule has 2 rings (SSSR count). The van der Waals surface area contributed by atoms with Crippen LogP contribution in [-0.2, 0) is 9.59 Å². The van der Waals surface area contributed by atoms with Crippen LogP contribution in [0.4, 0.5) is 0 Å². The molecule has 1 fully saturated rings. The summed E-state index contributed by atoms with van der Waals surface area (Å²) in [6.07, 6.45) is 5.01. The Balaban J connectivity index is 1.66. The monoisotopic (exact) mass is 320 g/mol. The van der Waals surface area contributed by atoms with E-state index >= 15 is 0 Å². The van der Waals surface area contributed by atoms with Crippen molar-refractivity contribution in [2.45, 2.75) is 71.4 Å². The lowest BCUT2D eigenvalue weighted by atomic mass is 10.2. The molecule has 1 aliphatic rings. The van der Waals surface area contributed by atoms with Crippen LogP contribution in [0.1, 0.15) is 62.9 Å². The fourth-order valence-corrected chi connectivity index (χ4v) is 3.13. The van der Waals surface area contributed by atoms with Gasteiger partial charge in [-0.3, -0.25) is 14.3 Å². The molecule has 0 unspecified atom stereocenters. The molecule has 2 N–H and O–H groups in total. The van der Waals surface area contributed by atoms with Gasteiger partial charge in [0.1, 0.15) is 0 Å². The molecular formula is C17H28N4O2. The molecule has 6 heteroatoms. The van der Waals surface area contributed by atoms with E-state index in [2.05, 4.69) is 15.7 Å². The van der Waals surface area contributed by atoms with Crippen LogP contribution in [0.25, 0.3) is 0 Å². The zero-order chi connectivity index (χ0) is 16.8. The summed E-state index contributed by atoms with van der Waals surface area (Å²) in [7, 11) is 0. The first-order valence-corrected chi connectivity index (χ1v) is 8.54. The molecule has 0 spiro atoms. The molecule has 1 saturated carbocycles. The van der Waals surface area contributed by atoms with E-state index in [4.69, 9.17) is 0 Å². The molecule has 23 heavy (non-hydrogen) atoms. The van der Waals surface area contributed by atoms with Gasteiger partial charge < -0.3 is 10.6 Å². The second kappa shape index (κ2) is 8.13. The molecule has 0 aliphatic heterocycles. The largest absolute Gasteiger partial charge is 0.354 e. The van der Waals surface area contributed by atoms with Crippen LogP contribution in [0.15, 0.2) is 6.07 Å². The zero-order valence-electron chi connectivity index (χ0n) is 14.4. The Kier molecular flexibility index (Phi) is 6.19. The molecule has 0 aromatic carbocycles. The van der Waals surface area contributed by atoms with Crippen molar-refractivity contribution in [2.75, 3.05) is 6.54 Å².